The van der Waals surface area contributed by atoms with Gasteiger partial charge in [-0.3, -0.25) is 19.1 Å². The van der Waals surface area contributed by atoms with Gasteiger partial charge in [-0.1, -0.05) is 0 Å². The fraction of sp³-hybridized carbons (Fsp3) is 0.611. The molecule has 1 heterocycles. The number of hydrogen-bond donors (Lipinski definition) is 4. The summed E-state index contributed by atoms with van der Waals surface area (Å²) >= 11 is 0. The highest BCUT2D eigenvalue weighted by Gasteiger charge is 2.20. The van der Waals surface area contributed by atoms with Crippen LogP contribution >= 0.6 is 0 Å². The smallest absolute Gasteiger partial charge is 0.407 e. The first-order valence-corrected chi connectivity index (χ1v) is 9.18. The summed E-state index contributed by atoms with van der Waals surface area (Å²) in [6.07, 6.45) is 1.76. The lowest BCUT2D eigenvalue weighted by Crippen LogP contribution is -2.44. The molecule has 4 N–H and O–H groups in total. The third-order valence-corrected chi connectivity index (χ3v) is 3.72. The maximum absolute atomic E-state index is 12.1. The monoisotopic (exact) mass is 412 g/mol. The fourth-order valence-corrected chi connectivity index (χ4v) is 2.37. The van der Waals surface area contributed by atoms with E-state index >= 15 is 0 Å². The van der Waals surface area contributed by atoms with Gasteiger partial charge in [-0.05, 0) is 47.0 Å². The molecule has 0 saturated heterocycles. The van der Waals surface area contributed by atoms with Crippen LogP contribution in [0.25, 0.3) is 0 Å². The number of alkyl carbamates (subject to hydrolysis) is 1. The Labute approximate surface area is 167 Å². The Bertz CT molecular complexity index is 851. The van der Waals surface area contributed by atoms with Crippen molar-refractivity contribution in [2.75, 3.05) is 6.54 Å². The number of aryl methyl sites for hydroxylation is 1. The Hall–Kier alpha value is -3.11. The normalized spacial score (nSPS) is 12.1. The SMILES string of the molecule is Cc1cn(CC(=O)N[C@H](CCCCNC(=O)OC(C)(C)C)C(=O)O)c(=O)[nH]c1=O. The van der Waals surface area contributed by atoms with Crippen LogP contribution in [0.3, 0.4) is 0 Å². The van der Waals surface area contributed by atoms with E-state index in [2.05, 4.69) is 15.6 Å². The van der Waals surface area contributed by atoms with Crippen molar-refractivity contribution in [3.8, 4) is 0 Å². The van der Waals surface area contributed by atoms with Crippen LogP contribution in [0, 0.1) is 6.92 Å². The second kappa shape index (κ2) is 10.4. The van der Waals surface area contributed by atoms with Gasteiger partial charge in [-0.2, -0.15) is 0 Å². The first-order chi connectivity index (χ1) is 13.4. The number of unbranched alkanes of at least 4 members (excludes halogenated alkanes) is 1. The molecule has 11 heteroatoms. The summed E-state index contributed by atoms with van der Waals surface area (Å²) in [5.74, 6) is -1.87. The van der Waals surface area contributed by atoms with Crippen LogP contribution in [0.15, 0.2) is 15.8 Å². The third kappa shape index (κ3) is 9.08. The second-order valence-electron chi connectivity index (χ2n) is 7.58. The van der Waals surface area contributed by atoms with Gasteiger partial charge in [0, 0.05) is 18.3 Å². The van der Waals surface area contributed by atoms with E-state index in [9.17, 15) is 29.1 Å². The largest absolute Gasteiger partial charge is 0.480 e. The van der Waals surface area contributed by atoms with Gasteiger partial charge in [0.2, 0.25) is 5.91 Å². The van der Waals surface area contributed by atoms with Crippen LogP contribution in [-0.4, -0.2) is 50.8 Å². The molecular formula is C18H28N4O7. The first-order valence-electron chi connectivity index (χ1n) is 9.18. The lowest BCUT2D eigenvalue weighted by Gasteiger charge is -2.19. The van der Waals surface area contributed by atoms with Crippen LogP contribution in [0.1, 0.15) is 45.6 Å². The zero-order chi connectivity index (χ0) is 22.2. The summed E-state index contributed by atoms with van der Waals surface area (Å²) in [7, 11) is 0. The van der Waals surface area contributed by atoms with E-state index in [1.165, 1.54) is 13.1 Å². The molecule has 0 aromatic carbocycles. The molecule has 1 aromatic heterocycles. The Balaban J connectivity index is 2.47. The number of nitrogens with zero attached hydrogens (tertiary/aromatic N) is 1. The number of nitrogens with one attached hydrogen (secondary N) is 3. The number of aliphatic carboxylic acids is 1. The number of carbonyl (C=O) groups is 3. The summed E-state index contributed by atoms with van der Waals surface area (Å²) in [5, 5.41) is 14.2. The van der Waals surface area contributed by atoms with Crippen LogP contribution in [0.4, 0.5) is 4.79 Å². The number of amides is 2. The van der Waals surface area contributed by atoms with Crippen molar-refractivity contribution in [3.63, 3.8) is 0 Å². The molecule has 0 aliphatic heterocycles. The molecule has 29 heavy (non-hydrogen) atoms. The molecule has 0 radical (unpaired) electrons. The van der Waals surface area contributed by atoms with Crippen molar-refractivity contribution in [2.45, 2.75) is 65.1 Å². The van der Waals surface area contributed by atoms with Crippen LogP contribution in [0.2, 0.25) is 0 Å². The quantitative estimate of drug-likeness (QED) is 0.419. The standard InChI is InChI=1S/C18H28N4O7/c1-11-9-22(16(27)21-14(11)24)10-13(23)20-12(15(25)26)7-5-6-8-19-17(28)29-18(2,3)4/h9,12H,5-8,10H2,1-4H3,(H,19,28)(H,20,23)(H,25,26)(H,21,24,27)/t12-/m1/s1. The molecule has 0 bridgehead atoms. The molecule has 0 unspecified atom stereocenters. The third-order valence-electron chi connectivity index (χ3n) is 3.72. The number of ether oxygens (including phenoxy) is 1. The van der Waals surface area contributed by atoms with E-state index in [0.717, 1.165) is 4.57 Å². The van der Waals surface area contributed by atoms with Crippen molar-refractivity contribution in [1.29, 1.82) is 0 Å². The predicted molar refractivity (Wildman–Crippen MR) is 104 cm³/mol. The lowest BCUT2D eigenvalue weighted by atomic mass is 10.1. The molecule has 0 saturated carbocycles. The van der Waals surface area contributed by atoms with Gasteiger partial charge < -0.3 is 20.5 Å². The molecule has 162 valence electrons. The van der Waals surface area contributed by atoms with Crippen LogP contribution in [0.5, 0.6) is 0 Å². The number of aromatic amines is 1. The highest BCUT2D eigenvalue weighted by atomic mass is 16.6. The molecule has 0 fully saturated rings. The van der Waals surface area contributed by atoms with Crippen molar-refractivity contribution in [3.05, 3.63) is 32.6 Å². The van der Waals surface area contributed by atoms with Gasteiger partial charge >= 0.3 is 17.8 Å². The number of carboxylic acids is 1. The minimum absolute atomic E-state index is 0.149. The molecular weight excluding hydrogens is 384 g/mol. The summed E-state index contributed by atoms with van der Waals surface area (Å²) in [4.78, 5) is 60.1. The average molecular weight is 412 g/mol. The van der Waals surface area contributed by atoms with Crippen molar-refractivity contribution < 1.29 is 24.2 Å². The second-order valence-corrected chi connectivity index (χ2v) is 7.58. The number of hydrogen-bond acceptors (Lipinski definition) is 6. The van der Waals surface area contributed by atoms with Gasteiger partial charge in [0.05, 0.1) is 0 Å². The van der Waals surface area contributed by atoms with Crippen molar-refractivity contribution in [2.24, 2.45) is 0 Å². The topological polar surface area (TPSA) is 160 Å². The van der Waals surface area contributed by atoms with Gasteiger partial charge in [0.1, 0.15) is 18.2 Å². The predicted octanol–water partition coefficient (Wildman–Crippen LogP) is 0.109. The molecule has 11 nitrogen and oxygen atoms in total. The molecule has 0 aliphatic carbocycles. The molecule has 0 aliphatic rings. The van der Waals surface area contributed by atoms with E-state index in [0.29, 0.717) is 19.4 Å². The number of aromatic nitrogens is 2. The average Bonchev–Trinajstić information content (AvgIpc) is 2.56. The minimum atomic E-state index is -1.21. The van der Waals surface area contributed by atoms with Crippen molar-refractivity contribution in [1.82, 2.24) is 20.2 Å². The summed E-state index contributed by atoms with van der Waals surface area (Å²) in [5.41, 5.74) is -1.65. The Kier molecular flexibility index (Phi) is 8.61. The van der Waals surface area contributed by atoms with E-state index in [1.54, 1.807) is 20.8 Å². The highest BCUT2D eigenvalue weighted by molar-refractivity contribution is 5.83. The summed E-state index contributed by atoms with van der Waals surface area (Å²) in [6.45, 7) is 6.61. The summed E-state index contributed by atoms with van der Waals surface area (Å²) in [6, 6.07) is -1.14. The van der Waals surface area contributed by atoms with Gasteiger partial charge in [0.25, 0.3) is 5.56 Å². The van der Waals surface area contributed by atoms with Crippen LogP contribution in [-0.2, 0) is 20.9 Å². The molecule has 0 spiro atoms. The van der Waals surface area contributed by atoms with Gasteiger partial charge in [0.15, 0.2) is 0 Å². The van der Waals surface area contributed by atoms with E-state index in [4.69, 9.17) is 4.74 Å². The zero-order valence-corrected chi connectivity index (χ0v) is 17.0. The molecule has 1 atom stereocenters. The molecule has 1 aromatic rings. The maximum atomic E-state index is 12.1. The highest BCUT2D eigenvalue weighted by Crippen LogP contribution is 2.07. The first kappa shape index (κ1) is 23.9. The Morgan fingerprint density at radius 2 is 1.90 bits per heavy atom. The Morgan fingerprint density at radius 3 is 2.48 bits per heavy atom. The molecule has 1 rings (SSSR count). The Morgan fingerprint density at radius 1 is 1.24 bits per heavy atom. The van der Waals surface area contributed by atoms with E-state index in [1.807, 2.05) is 0 Å². The lowest BCUT2D eigenvalue weighted by molar-refractivity contribution is -0.142. The fourth-order valence-electron chi connectivity index (χ4n) is 2.37. The number of carboxylic acid groups (broad SMARTS) is 1. The number of H-pyrrole nitrogens is 1. The van der Waals surface area contributed by atoms with Crippen molar-refractivity contribution >= 4 is 18.0 Å². The number of rotatable bonds is 9. The zero-order valence-electron chi connectivity index (χ0n) is 17.0. The minimum Gasteiger partial charge on any atom is -0.480 e. The molecule has 2 amide bonds. The summed E-state index contributed by atoms with van der Waals surface area (Å²) < 4.78 is 6.08. The van der Waals surface area contributed by atoms with E-state index < -0.39 is 47.4 Å². The van der Waals surface area contributed by atoms with Crippen LogP contribution < -0.4 is 21.9 Å². The maximum Gasteiger partial charge on any atom is 0.407 e. The van der Waals surface area contributed by atoms with Gasteiger partial charge in [-0.25, -0.2) is 14.4 Å². The van der Waals surface area contributed by atoms with E-state index in [-0.39, 0.29) is 12.0 Å². The number of carbonyl (C=O) groups excluding carboxylic acids is 2. The van der Waals surface area contributed by atoms with Gasteiger partial charge in [-0.15, -0.1) is 0 Å².